The van der Waals surface area contributed by atoms with Crippen molar-refractivity contribution in [1.29, 1.82) is 0 Å². The van der Waals surface area contributed by atoms with Crippen LogP contribution in [0.4, 0.5) is 21.1 Å². The summed E-state index contributed by atoms with van der Waals surface area (Å²) in [5, 5.41) is 30.3. The number of ether oxygens (including phenoxy) is 3. The van der Waals surface area contributed by atoms with Crippen molar-refractivity contribution in [2.75, 3.05) is 71.1 Å². The number of piperidine rings is 1. The highest BCUT2D eigenvalue weighted by molar-refractivity contribution is 5.95. The number of benzene rings is 1. The maximum absolute atomic E-state index is 13.5. The van der Waals surface area contributed by atoms with Gasteiger partial charge in [-0.2, -0.15) is 9.59 Å². The molecule has 2 aliphatic heterocycles. The Bertz CT molecular complexity index is 1900. The van der Waals surface area contributed by atoms with Crippen molar-refractivity contribution >= 4 is 46.7 Å². The smallest absolute Gasteiger partial charge is 0.409 e. The number of fused-ring (bicyclic) bond motifs is 1. The molecule has 3 amide bonds. The van der Waals surface area contributed by atoms with Gasteiger partial charge in [-0.3, -0.25) is 9.36 Å². The molecule has 296 valence electrons. The van der Waals surface area contributed by atoms with Gasteiger partial charge in [0.25, 0.3) is 6.54 Å². The van der Waals surface area contributed by atoms with Crippen LogP contribution < -0.4 is 15.4 Å². The lowest BCUT2D eigenvalue weighted by molar-refractivity contribution is -0.241. The zero-order chi connectivity index (χ0) is 40.4. The van der Waals surface area contributed by atoms with Crippen LogP contribution in [0.5, 0.6) is 5.75 Å². The minimum atomic E-state index is -1.48. The van der Waals surface area contributed by atoms with Crippen molar-refractivity contribution in [3.8, 4) is 5.75 Å². The van der Waals surface area contributed by atoms with Crippen molar-refractivity contribution < 1.29 is 53.5 Å². The van der Waals surface area contributed by atoms with E-state index in [1.165, 1.54) is 32.8 Å². The third-order valence-corrected chi connectivity index (χ3v) is 9.53. The average Bonchev–Trinajstić information content (AvgIpc) is 3.61. The molecule has 2 saturated heterocycles. The summed E-state index contributed by atoms with van der Waals surface area (Å²) >= 11 is 0. The van der Waals surface area contributed by atoms with Crippen LogP contribution in [-0.4, -0.2) is 160 Å². The van der Waals surface area contributed by atoms with Gasteiger partial charge >= 0.3 is 24.2 Å². The zero-order valence-electron chi connectivity index (χ0n) is 30.8. The molecule has 5 rings (SSSR count). The Labute approximate surface area is 316 Å². The van der Waals surface area contributed by atoms with E-state index in [0.29, 0.717) is 35.5 Å². The lowest BCUT2D eigenvalue weighted by atomic mass is 9.92. The lowest BCUT2D eigenvalue weighted by Crippen LogP contribution is -2.54. The van der Waals surface area contributed by atoms with Crippen LogP contribution >= 0.6 is 0 Å². The number of hydrogen-bond acceptors (Lipinski definition) is 15. The Hall–Kier alpha value is -5.84. The van der Waals surface area contributed by atoms with E-state index in [4.69, 9.17) is 36.1 Å². The molecule has 2 aromatic heterocycles. The Morgan fingerprint density at radius 1 is 1.09 bits per heavy atom. The number of aliphatic hydroxyl groups excluding tert-OH is 3. The maximum Gasteiger partial charge on any atom is 0.409 e. The van der Waals surface area contributed by atoms with Gasteiger partial charge in [-0.1, -0.05) is 13.0 Å². The Morgan fingerprint density at radius 3 is 2.49 bits per heavy atom. The second kappa shape index (κ2) is 19.0. The molecule has 4 heterocycles. The topological polar surface area (TPSA) is 248 Å². The fraction of sp³-hybridized carbons (Fsp3) is 0.514. The van der Waals surface area contributed by atoms with Crippen LogP contribution in [0, 0.1) is 12.5 Å². The maximum atomic E-state index is 13.5. The van der Waals surface area contributed by atoms with Gasteiger partial charge < -0.3 is 59.7 Å². The normalized spacial score (nSPS) is 22.0. The minimum Gasteiger partial charge on any atom is -0.460 e. The number of nitrogens with two attached hydrogens (primary N) is 1. The SMILES string of the molecule is O=C=O.[C-]#[N+]CC(=O)N1CC[C@@H](C)[C@@H](N(C)c2ncnc3c2ccn3C(=O)N(C)CCN(C)C(=O)OCc2ccc(O[C@@H]3OC[C@@H](O)[C@H](O)[C@H]3O)c(N)c2)C1. The number of nitrogen functional groups attached to an aromatic ring is 1. The van der Waals surface area contributed by atoms with Gasteiger partial charge in [-0.25, -0.2) is 26.1 Å². The van der Waals surface area contributed by atoms with Crippen molar-refractivity contribution in [2.45, 2.75) is 50.6 Å². The molecule has 20 heteroatoms. The molecule has 5 N–H and O–H groups in total. The first-order valence-corrected chi connectivity index (χ1v) is 17.2. The van der Waals surface area contributed by atoms with Gasteiger partial charge in [0.05, 0.1) is 23.7 Å². The van der Waals surface area contributed by atoms with Gasteiger partial charge in [0.1, 0.15) is 42.8 Å². The molecule has 0 bridgehead atoms. The summed E-state index contributed by atoms with van der Waals surface area (Å²) in [5.41, 5.74) is 7.25. The number of aliphatic hydroxyl groups is 3. The molecular weight excluding hydrogens is 722 g/mol. The summed E-state index contributed by atoms with van der Waals surface area (Å²) in [5.74, 6) is 0.873. The summed E-state index contributed by atoms with van der Waals surface area (Å²) in [6.07, 6.45) is -1.93. The number of amides is 3. The van der Waals surface area contributed by atoms with E-state index in [-0.39, 0.29) is 74.3 Å². The summed E-state index contributed by atoms with van der Waals surface area (Å²) in [6.45, 7) is 10.1. The van der Waals surface area contributed by atoms with E-state index in [0.717, 1.165) is 6.42 Å². The van der Waals surface area contributed by atoms with Crippen LogP contribution in [0.15, 0.2) is 36.8 Å². The number of aromatic nitrogens is 3. The molecular formula is C35H45N9O11. The highest BCUT2D eigenvalue weighted by atomic mass is 16.7. The fourth-order valence-electron chi connectivity index (χ4n) is 6.21. The average molecular weight is 768 g/mol. The van der Waals surface area contributed by atoms with Gasteiger partial charge in [0, 0.05) is 53.5 Å². The molecule has 0 unspecified atom stereocenters. The van der Waals surface area contributed by atoms with E-state index in [2.05, 4.69) is 21.7 Å². The number of likely N-dealkylation sites (N-methyl/N-ethyl adjacent to an activating group) is 3. The second-order valence-electron chi connectivity index (χ2n) is 13.2. The van der Waals surface area contributed by atoms with Crippen LogP contribution in [0.25, 0.3) is 15.9 Å². The lowest BCUT2D eigenvalue weighted by Gasteiger charge is -2.41. The van der Waals surface area contributed by atoms with Gasteiger partial charge in [0.15, 0.2) is 5.65 Å². The van der Waals surface area contributed by atoms with E-state index >= 15 is 0 Å². The largest absolute Gasteiger partial charge is 0.460 e. The predicted molar refractivity (Wildman–Crippen MR) is 192 cm³/mol. The Balaban J connectivity index is 0.00000217. The van der Waals surface area contributed by atoms with Gasteiger partial charge in [-0.05, 0) is 36.1 Å². The molecule has 2 aliphatic rings. The quantitative estimate of drug-likeness (QED) is 0.157. The first kappa shape index (κ1) is 41.9. The van der Waals surface area contributed by atoms with E-state index in [1.807, 2.05) is 11.9 Å². The van der Waals surface area contributed by atoms with Crippen molar-refractivity contribution in [3.05, 3.63) is 53.8 Å². The molecule has 0 spiro atoms. The third kappa shape index (κ3) is 10.0. The summed E-state index contributed by atoms with van der Waals surface area (Å²) < 4.78 is 17.7. The minimum absolute atomic E-state index is 0.0481. The molecule has 6 atom stereocenters. The van der Waals surface area contributed by atoms with Crippen LogP contribution in [0.2, 0.25) is 0 Å². The number of carbonyl (C=O) groups is 3. The number of hydrogen-bond donors (Lipinski definition) is 4. The van der Waals surface area contributed by atoms with E-state index in [9.17, 15) is 29.7 Å². The fourth-order valence-corrected chi connectivity index (χ4v) is 6.21. The number of anilines is 2. The Kier molecular flexibility index (Phi) is 14.4. The first-order chi connectivity index (χ1) is 26.2. The highest BCUT2D eigenvalue weighted by Crippen LogP contribution is 2.30. The molecule has 1 aromatic carbocycles. The molecule has 3 aromatic rings. The third-order valence-electron chi connectivity index (χ3n) is 9.53. The van der Waals surface area contributed by atoms with Crippen molar-refractivity contribution in [2.24, 2.45) is 5.92 Å². The second-order valence-corrected chi connectivity index (χ2v) is 13.2. The number of likely N-dealkylation sites (tertiary alicyclic amines) is 1. The van der Waals surface area contributed by atoms with Crippen LogP contribution in [0.3, 0.4) is 0 Å². The van der Waals surface area contributed by atoms with Crippen molar-refractivity contribution in [3.63, 3.8) is 0 Å². The van der Waals surface area contributed by atoms with Gasteiger partial charge in [-0.15, -0.1) is 0 Å². The molecule has 0 saturated carbocycles. The monoisotopic (exact) mass is 767 g/mol. The summed E-state index contributed by atoms with van der Waals surface area (Å²) in [7, 11) is 5.08. The zero-order valence-corrected chi connectivity index (χ0v) is 30.8. The summed E-state index contributed by atoms with van der Waals surface area (Å²) in [6, 6.07) is 6.03. The summed E-state index contributed by atoms with van der Waals surface area (Å²) in [4.78, 5) is 73.6. The molecule has 2 fully saturated rings. The molecule has 20 nitrogen and oxygen atoms in total. The van der Waals surface area contributed by atoms with E-state index < -0.39 is 30.7 Å². The number of carbonyl (C=O) groups excluding carboxylic acids is 5. The highest BCUT2D eigenvalue weighted by Gasteiger charge is 2.39. The number of nitrogens with zero attached hydrogens (tertiary/aromatic N) is 8. The van der Waals surface area contributed by atoms with Crippen LogP contribution in [-0.2, 0) is 30.5 Å². The molecule has 0 radical (unpaired) electrons. The predicted octanol–water partition coefficient (Wildman–Crippen LogP) is 0.00879. The van der Waals surface area contributed by atoms with Gasteiger partial charge in [0.2, 0.25) is 6.29 Å². The molecule has 0 aliphatic carbocycles. The first-order valence-electron chi connectivity index (χ1n) is 17.2. The van der Waals surface area contributed by atoms with Crippen molar-refractivity contribution in [1.82, 2.24) is 29.2 Å². The standard InChI is InChI=1S/C34H45N9O9.CO2/c1-20-8-10-42(27(45)15-36-2)16-24(20)41(5)30-22-9-11-43(31(22)38-19-37-30)33(48)39(3)12-13-40(4)34(49)51-17-21-6-7-26(23(35)14-21)52-32-29(47)28(46)25(44)18-50-32;2-1-3/h6-7,9,11,14,19-20,24-25,28-29,32,44,46-47H,8,10,12-13,15-18,35H2,1,3-5H3;/t20-,24+,25-,28+,29-,32+;/m1./s1. The Morgan fingerprint density at radius 2 is 1.80 bits per heavy atom. The van der Waals surface area contributed by atoms with E-state index in [1.54, 1.807) is 37.3 Å². The van der Waals surface area contributed by atoms with Crippen LogP contribution in [0.1, 0.15) is 18.9 Å². The number of rotatable bonds is 10. The molecule has 55 heavy (non-hydrogen) atoms.